The number of halogens is 4. The minimum atomic E-state index is -4.56. The Hall–Kier alpha value is -2.93. The first-order chi connectivity index (χ1) is 13.4. The van der Waals surface area contributed by atoms with Crippen LogP contribution in [0.1, 0.15) is 21.7 Å². The van der Waals surface area contributed by atoms with Crippen molar-refractivity contribution in [3.63, 3.8) is 0 Å². The SMILES string of the molecule is O=C(c1cnc2c(C(F)(F)F)cccc2c1-c1ccccc1)c1occc1Br. The lowest BCUT2D eigenvalue weighted by atomic mass is 9.92. The minimum Gasteiger partial charge on any atom is -0.460 e. The number of pyridine rings is 1. The highest BCUT2D eigenvalue weighted by atomic mass is 79.9. The first-order valence-electron chi connectivity index (χ1n) is 8.20. The van der Waals surface area contributed by atoms with Crippen molar-refractivity contribution in [1.82, 2.24) is 4.98 Å². The molecule has 2 aromatic carbocycles. The Kier molecular flexibility index (Phi) is 4.55. The predicted octanol–water partition coefficient (Wildman–Crippen LogP) is 6.51. The van der Waals surface area contributed by atoms with Gasteiger partial charge in [-0.05, 0) is 33.6 Å². The molecular weight excluding hydrogens is 435 g/mol. The number of para-hydroxylation sites is 1. The summed E-state index contributed by atoms with van der Waals surface area (Å²) in [6.45, 7) is 0. The van der Waals surface area contributed by atoms with Gasteiger partial charge in [-0.1, -0.05) is 42.5 Å². The second kappa shape index (κ2) is 6.91. The molecule has 0 bridgehead atoms. The number of furan rings is 1. The van der Waals surface area contributed by atoms with Crippen LogP contribution in [-0.4, -0.2) is 10.8 Å². The highest BCUT2D eigenvalue weighted by Gasteiger charge is 2.34. The standard InChI is InChI=1S/C21H11BrF3NO2/c22-16-9-10-28-20(16)19(27)14-11-26-18-13(7-4-8-15(18)21(23,24)25)17(14)12-5-2-1-3-6-12/h1-11H. The zero-order valence-corrected chi connectivity index (χ0v) is 15.7. The zero-order valence-electron chi connectivity index (χ0n) is 14.1. The van der Waals surface area contributed by atoms with E-state index in [4.69, 9.17) is 4.42 Å². The van der Waals surface area contributed by atoms with Gasteiger partial charge in [0, 0.05) is 17.1 Å². The van der Waals surface area contributed by atoms with E-state index < -0.39 is 17.5 Å². The molecule has 2 heterocycles. The summed E-state index contributed by atoms with van der Waals surface area (Å²) in [5.74, 6) is -0.409. The van der Waals surface area contributed by atoms with Crippen molar-refractivity contribution in [2.24, 2.45) is 0 Å². The average molecular weight is 446 g/mol. The van der Waals surface area contributed by atoms with Crippen molar-refractivity contribution in [2.45, 2.75) is 6.18 Å². The number of fused-ring (bicyclic) bond motifs is 1. The van der Waals surface area contributed by atoms with E-state index in [2.05, 4.69) is 20.9 Å². The molecule has 4 aromatic rings. The highest BCUT2D eigenvalue weighted by molar-refractivity contribution is 9.10. The molecule has 0 amide bonds. The minimum absolute atomic E-state index is 0.0605. The largest absolute Gasteiger partial charge is 0.460 e. The van der Waals surface area contributed by atoms with E-state index in [0.29, 0.717) is 15.6 Å². The van der Waals surface area contributed by atoms with Gasteiger partial charge >= 0.3 is 6.18 Å². The second-order valence-corrected chi connectivity index (χ2v) is 6.89. The summed E-state index contributed by atoms with van der Waals surface area (Å²) in [4.78, 5) is 17.1. The second-order valence-electron chi connectivity index (χ2n) is 6.04. The summed E-state index contributed by atoms with van der Waals surface area (Å²) in [7, 11) is 0. The summed E-state index contributed by atoms with van der Waals surface area (Å²) < 4.78 is 46.1. The van der Waals surface area contributed by atoms with Crippen molar-refractivity contribution in [3.8, 4) is 11.1 Å². The van der Waals surface area contributed by atoms with E-state index in [1.54, 1.807) is 36.4 Å². The van der Waals surface area contributed by atoms with Gasteiger partial charge in [0.1, 0.15) is 0 Å². The number of benzene rings is 2. The number of ketones is 1. The fourth-order valence-electron chi connectivity index (χ4n) is 3.12. The Morgan fingerprint density at radius 1 is 1.00 bits per heavy atom. The quantitative estimate of drug-likeness (QED) is 0.337. The summed E-state index contributed by atoms with van der Waals surface area (Å²) in [5.41, 5.74) is 0.100. The smallest absolute Gasteiger partial charge is 0.418 e. The number of carbonyl (C=O) groups excluding carboxylic acids is 1. The molecule has 0 fully saturated rings. The van der Waals surface area contributed by atoms with Crippen LogP contribution in [-0.2, 0) is 6.18 Å². The number of hydrogen-bond donors (Lipinski definition) is 0. The molecule has 0 unspecified atom stereocenters. The van der Waals surface area contributed by atoms with Crippen LogP contribution in [0.15, 0.2) is 75.9 Å². The maximum Gasteiger partial charge on any atom is 0.418 e. The van der Waals surface area contributed by atoms with Crippen LogP contribution < -0.4 is 0 Å². The molecule has 0 aliphatic carbocycles. The molecule has 0 saturated carbocycles. The molecule has 140 valence electrons. The Labute approximate surface area is 165 Å². The van der Waals surface area contributed by atoms with E-state index in [1.807, 2.05) is 0 Å². The molecule has 0 saturated heterocycles. The van der Waals surface area contributed by atoms with Crippen molar-refractivity contribution >= 4 is 32.6 Å². The summed E-state index contributed by atoms with van der Waals surface area (Å²) >= 11 is 3.25. The van der Waals surface area contributed by atoms with E-state index in [0.717, 1.165) is 6.07 Å². The normalized spacial score (nSPS) is 11.7. The van der Waals surface area contributed by atoms with Crippen LogP contribution in [0.25, 0.3) is 22.0 Å². The van der Waals surface area contributed by atoms with Crippen molar-refractivity contribution in [2.75, 3.05) is 0 Å². The maximum atomic E-state index is 13.5. The molecule has 0 atom stereocenters. The van der Waals surface area contributed by atoms with Crippen LogP contribution in [0.2, 0.25) is 0 Å². The van der Waals surface area contributed by atoms with Gasteiger partial charge in [0.25, 0.3) is 0 Å². The van der Waals surface area contributed by atoms with Crippen LogP contribution in [0.4, 0.5) is 13.2 Å². The number of rotatable bonds is 3. The van der Waals surface area contributed by atoms with E-state index in [9.17, 15) is 18.0 Å². The molecule has 0 aliphatic heterocycles. The Morgan fingerprint density at radius 2 is 1.75 bits per heavy atom. The van der Waals surface area contributed by atoms with Gasteiger partial charge < -0.3 is 4.42 Å². The molecule has 28 heavy (non-hydrogen) atoms. The summed E-state index contributed by atoms with van der Waals surface area (Å²) in [5, 5.41) is 0.245. The summed E-state index contributed by atoms with van der Waals surface area (Å²) in [6, 6.07) is 14.2. The number of nitrogens with zero attached hydrogens (tertiary/aromatic N) is 1. The van der Waals surface area contributed by atoms with Gasteiger partial charge in [0.15, 0.2) is 5.76 Å². The molecule has 0 N–H and O–H groups in total. The lowest BCUT2D eigenvalue weighted by Crippen LogP contribution is -2.09. The highest BCUT2D eigenvalue weighted by Crippen LogP contribution is 2.39. The predicted molar refractivity (Wildman–Crippen MR) is 102 cm³/mol. The lowest BCUT2D eigenvalue weighted by molar-refractivity contribution is -0.136. The van der Waals surface area contributed by atoms with Crippen molar-refractivity contribution in [3.05, 3.63) is 88.4 Å². The lowest BCUT2D eigenvalue weighted by Gasteiger charge is -2.15. The van der Waals surface area contributed by atoms with Gasteiger partial charge in [0.05, 0.1) is 27.4 Å². The monoisotopic (exact) mass is 445 g/mol. The number of hydrogen-bond acceptors (Lipinski definition) is 3. The van der Waals surface area contributed by atoms with Crippen LogP contribution in [0.3, 0.4) is 0 Å². The third kappa shape index (κ3) is 3.11. The number of aromatic nitrogens is 1. The third-order valence-electron chi connectivity index (χ3n) is 4.33. The fourth-order valence-corrected chi connectivity index (χ4v) is 3.50. The maximum absolute atomic E-state index is 13.5. The number of carbonyl (C=O) groups is 1. The van der Waals surface area contributed by atoms with Gasteiger partial charge in [-0.15, -0.1) is 0 Å². The van der Waals surface area contributed by atoms with Gasteiger partial charge in [0.2, 0.25) is 5.78 Å². The van der Waals surface area contributed by atoms with Crippen LogP contribution >= 0.6 is 15.9 Å². The van der Waals surface area contributed by atoms with E-state index >= 15 is 0 Å². The fraction of sp³-hybridized carbons (Fsp3) is 0.0476. The molecular formula is C21H11BrF3NO2. The summed E-state index contributed by atoms with van der Waals surface area (Å²) in [6.07, 6.45) is -2.02. The Bertz CT molecular complexity index is 1180. The Balaban J connectivity index is 2.07. The van der Waals surface area contributed by atoms with E-state index in [-0.39, 0.29) is 22.2 Å². The van der Waals surface area contributed by atoms with E-state index in [1.165, 1.54) is 24.6 Å². The van der Waals surface area contributed by atoms with Crippen molar-refractivity contribution < 1.29 is 22.4 Å². The van der Waals surface area contributed by atoms with Gasteiger partial charge in [-0.3, -0.25) is 9.78 Å². The molecule has 0 aliphatic rings. The third-order valence-corrected chi connectivity index (χ3v) is 4.96. The molecule has 3 nitrogen and oxygen atoms in total. The molecule has 0 spiro atoms. The zero-order chi connectivity index (χ0) is 19.9. The first-order valence-corrected chi connectivity index (χ1v) is 8.99. The number of alkyl halides is 3. The average Bonchev–Trinajstić information content (AvgIpc) is 3.11. The molecule has 7 heteroatoms. The molecule has 2 aromatic heterocycles. The first kappa shape index (κ1) is 18.4. The molecule has 0 radical (unpaired) electrons. The van der Waals surface area contributed by atoms with Crippen LogP contribution in [0.5, 0.6) is 0 Å². The van der Waals surface area contributed by atoms with Gasteiger partial charge in [-0.25, -0.2) is 0 Å². The topological polar surface area (TPSA) is 43.1 Å². The van der Waals surface area contributed by atoms with Crippen molar-refractivity contribution in [1.29, 1.82) is 0 Å². The van der Waals surface area contributed by atoms with Gasteiger partial charge in [-0.2, -0.15) is 13.2 Å². The van der Waals surface area contributed by atoms with Crippen LogP contribution in [0, 0.1) is 0 Å². The molecule has 4 rings (SSSR count). The Morgan fingerprint density at radius 3 is 2.39 bits per heavy atom.